The van der Waals surface area contributed by atoms with Crippen molar-refractivity contribution in [2.45, 2.75) is 90.6 Å². The maximum Gasteiger partial charge on any atom is 0.306 e. The first kappa shape index (κ1) is 22.6. The van der Waals surface area contributed by atoms with E-state index in [4.69, 9.17) is 9.47 Å². The lowest BCUT2D eigenvalue weighted by Crippen LogP contribution is -2.43. The summed E-state index contributed by atoms with van der Waals surface area (Å²) in [4.78, 5) is 25.3. The van der Waals surface area contributed by atoms with Gasteiger partial charge < -0.3 is 14.8 Å². The van der Waals surface area contributed by atoms with Crippen LogP contribution in [-0.4, -0.2) is 30.6 Å². The molecule has 1 fully saturated rings. The van der Waals surface area contributed by atoms with E-state index >= 15 is 0 Å². The van der Waals surface area contributed by atoms with Crippen molar-refractivity contribution in [2.75, 3.05) is 13.2 Å². The minimum absolute atomic E-state index is 0.119. The number of hydrogen-bond donors (Lipinski definition) is 1. The molecule has 1 aromatic rings. The van der Waals surface area contributed by atoms with Crippen LogP contribution in [0.5, 0.6) is 5.75 Å². The highest BCUT2D eigenvalue weighted by atomic mass is 16.6. The van der Waals surface area contributed by atoms with E-state index < -0.39 is 11.0 Å². The summed E-state index contributed by atoms with van der Waals surface area (Å²) in [6.07, 6.45) is 8.74. The third-order valence-corrected chi connectivity index (χ3v) is 6.20. The molecule has 166 valence electrons. The second-order valence-corrected chi connectivity index (χ2v) is 9.83. The fourth-order valence-electron chi connectivity index (χ4n) is 4.63. The van der Waals surface area contributed by atoms with Crippen LogP contribution < -0.4 is 10.1 Å². The highest BCUT2D eigenvalue weighted by Crippen LogP contribution is 2.40. The normalized spacial score (nSPS) is 17.7. The molecule has 1 N–H and O–H groups in total. The van der Waals surface area contributed by atoms with Gasteiger partial charge in [-0.2, -0.15) is 0 Å². The highest BCUT2D eigenvalue weighted by Gasteiger charge is 2.39. The van der Waals surface area contributed by atoms with Crippen molar-refractivity contribution in [3.8, 4) is 5.75 Å². The van der Waals surface area contributed by atoms with Gasteiger partial charge in [-0.1, -0.05) is 31.4 Å². The molecule has 0 spiro atoms. The molecule has 0 bridgehead atoms. The summed E-state index contributed by atoms with van der Waals surface area (Å²) in [5.74, 6) is 0.922. The van der Waals surface area contributed by atoms with Crippen molar-refractivity contribution in [3.05, 3.63) is 29.3 Å². The first-order chi connectivity index (χ1) is 14.3. The SMILES string of the molecule is CC(C)(C)OC(=O)CCC1(C(=O)NCCCc2ccc3c(c2)CCO3)CCCCC1. The number of benzene rings is 1. The van der Waals surface area contributed by atoms with Crippen molar-refractivity contribution in [1.82, 2.24) is 5.32 Å². The van der Waals surface area contributed by atoms with Crippen molar-refractivity contribution < 1.29 is 19.1 Å². The lowest BCUT2D eigenvalue weighted by atomic mass is 9.70. The summed E-state index contributed by atoms with van der Waals surface area (Å²) in [6, 6.07) is 6.41. The Hall–Kier alpha value is -2.04. The predicted molar refractivity (Wildman–Crippen MR) is 118 cm³/mol. The lowest BCUT2D eigenvalue weighted by Gasteiger charge is -2.36. The average molecular weight is 416 g/mol. The quantitative estimate of drug-likeness (QED) is 0.492. The smallest absolute Gasteiger partial charge is 0.306 e. The number of fused-ring (bicyclic) bond motifs is 1. The molecule has 0 saturated heterocycles. The van der Waals surface area contributed by atoms with E-state index in [2.05, 4.69) is 23.5 Å². The van der Waals surface area contributed by atoms with E-state index in [0.717, 1.165) is 57.3 Å². The molecule has 1 aliphatic heterocycles. The number of aryl methyl sites for hydroxylation is 1. The third kappa shape index (κ3) is 6.23. The van der Waals surface area contributed by atoms with Crippen LogP contribution in [0.2, 0.25) is 0 Å². The van der Waals surface area contributed by atoms with Crippen LogP contribution >= 0.6 is 0 Å². The monoisotopic (exact) mass is 415 g/mol. The Morgan fingerprint density at radius 1 is 1.17 bits per heavy atom. The van der Waals surface area contributed by atoms with Crippen LogP contribution in [0.4, 0.5) is 0 Å². The summed E-state index contributed by atoms with van der Waals surface area (Å²) >= 11 is 0. The Morgan fingerprint density at radius 2 is 1.93 bits per heavy atom. The van der Waals surface area contributed by atoms with Gasteiger partial charge in [0.1, 0.15) is 11.4 Å². The molecule has 5 nitrogen and oxygen atoms in total. The molecule has 1 aromatic carbocycles. The first-order valence-electron chi connectivity index (χ1n) is 11.5. The summed E-state index contributed by atoms with van der Waals surface area (Å²) in [6.45, 7) is 7.08. The minimum atomic E-state index is -0.483. The van der Waals surface area contributed by atoms with Gasteiger partial charge in [0.2, 0.25) is 5.91 Å². The van der Waals surface area contributed by atoms with Crippen molar-refractivity contribution in [2.24, 2.45) is 5.41 Å². The van der Waals surface area contributed by atoms with E-state index in [1.807, 2.05) is 20.8 Å². The van der Waals surface area contributed by atoms with Gasteiger partial charge >= 0.3 is 5.97 Å². The summed E-state index contributed by atoms with van der Waals surface area (Å²) in [5.41, 5.74) is 1.69. The number of rotatable bonds is 8. The van der Waals surface area contributed by atoms with Gasteiger partial charge in [0.15, 0.2) is 0 Å². The number of nitrogens with one attached hydrogen (secondary N) is 1. The van der Waals surface area contributed by atoms with Gasteiger partial charge in [0.05, 0.1) is 6.61 Å². The average Bonchev–Trinajstić information content (AvgIpc) is 3.17. The molecule has 0 unspecified atom stereocenters. The second-order valence-electron chi connectivity index (χ2n) is 9.83. The molecule has 0 atom stereocenters. The molecule has 1 saturated carbocycles. The topological polar surface area (TPSA) is 64.6 Å². The fourth-order valence-corrected chi connectivity index (χ4v) is 4.63. The number of ether oxygens (including phenoxy) is 2. The number of carbonyl (C=O) groups is 2. The van der Waals surface area contributed by atoms with Crippen LogP contribution in [-0.2, 0) is 27.2 Å². The molecule has 1 heterocycles. The van der Waals surface area contributed by atoms with Crippen molar-refractivity contribution in [1.29, 1.82) is 0 Å². The summed E-state index contributed by atoms with van der Waals surface area (Å²) < 4.78 is 11.0. The van der Waals surface area contributed by atoms with Crippen LogP contribution in [0.3, 0.4) is 0 Å². The molecule has 0 radical (unpaired) electrons. The molecular formula is C25H37NO4. The maximum absolute atomic E-state index is 13.1. The van der Waals surface area contributed by atoms with Gasteiger partial charge in [-0.15, -0.1) is 0 Å². The maximum atomic E-state index is 13.1. The molecule has 3 rings (SSSR count). The van der Waals surface area contributed by atoms with E-state index in [-0.39, 0.29) is 11.9 Å². The molecule has 1 amide bonds. The predicted octanol–water partition coefficient (Wildman–Crippen LogP) is 4.74. The largest absolute Gasteiger partial charge is 0.493 e. The zero-order chi connectivity index (χ0) is 21.6. The standard InChI is InChI=1S/C25H37NO4/c1-24(2,3)30-22(27)11-15-25(13-5-4-6-14-25)23(28)26-16-7-8-19-9-10-21-20(18-19)12-17-29-21/h9-10,18H,4-8,11-17H2,1-3H3,(H,26,28). The molecular weight excluding hydrogens is 378 g/mol. The van der Waals surface area contributed by atoms with Crippen LogP contribution in [0, 0.1) is 5.41 Å². The molecule has 2 aliphatic rings. The number of amides is 1. The van der Waals surface area contributed by atoms with Crippen molar-refractivity contribution >= 4 is 11.9 Å². The van der Waals surface area contributed by atoms with Crippen LogP contribution in [0.15, 0.2) is 18.2 Å². The number of carbonyl (C=O) groups excluding carboxylic acids is 2. The van der Waals surface area contributed by atoms with E-state index in [1.54, 1.807) is 0 Å². The molecule has 0 aromatic heterocycles. The van der Waals surface area contributed by atoms with E-state index in [9.17, 15) is 9.59 Å². The van der Waals surface area contributed by atoms with E-state index in [0.29, 0.717) is 19.4 Å². The molecule has 1 aliphatic carbocycles. The Labute approximate surface area is 180 Å². The Balaban J connectivity index is 1.48. The molecule has 30 heavy (non-hydrogen) atoms. The Morgan fingerprint density at radius 3 is 2.67 bits per heavy atom. The highest BCUT2D eigenvalue weighted by molar-refractivity contribution is 5.83. The van der Waals surface area contributed by atoms with Gasteiger partial charge in [0.25, 0.3) is 0 Å². The summed E-state index contributed by atoms with van der Waals surface area (Å²) in [5, 5.41) is 3.17. The van der Waals surface area contributed by atoms with Gasteiger partial charge in [-0.05, 0) is 70.1 Å². The van der Waals surface area contributed by atoms with Gasteiger partial charge in [0, 0.05) is 24.8 Å². The lowest BCUT2D eigenvalue weighted by molar-refractivity contribution is -0.156. The van der Waals surface area contributed by atoms with Crippen molar-refractivity contribution in [3.63, 3.8) is 0 Å². The Kier molecular flexibility index (Phi) is 7.43. The summed E-state index contributed by atoms with van der Waals surface area (Å²) in [7, 11) is 0. The van der Waals surface area contributed by atoms with E-state index in [1.165, 1.54) is 17.5 Å². The van der Waals surface area contributed by atoms with Gasteiger partial charge in [-0.3, -0.25) is 9.59 Å². The first-order valence-corrected chi connectivity index (χ1v) is 11.5. The molecule has 5 heteroatoms. The zero-order valence-corrected chi connectivity index (χ0v) is 18.9. The van der Waals surface area contributed by atoms with Crippen LogP contribution in [0.1, 0.15) is 83.3 Å². The van der Waals surface area contributed by atoms with Crippen LogP contribution in [0.25, 0.3) is 0 Å². The number of esters is 1. The minimum Gasteiger partial charge on any atom is -0.493 e. The second kappa shape index (κ2) is 9.84. The fraction of sp³-hybridized carbons (Fsp3) is 0.680. The zero-order valence-electron chi connectivity index (χ0n) is 18.9. The number of hydrogen-bond acceptors (Lipinski definition) is 4. The third-order valence-electron chi connectivity index (χ3n) is 6.20. The van der Waals surface area contributed by atoms with Gasteiger partial charge in [-0.25, -0.2) is 0 Å². The Bertz CT molecular complexity index is 744.